The van der Waals surface area contributed by atoms with Crippen LogP contribution in [0.5, 0.6) is 0 Å². The second kappa shape index (κ2) is 4.73. The SMILES string of the molecule is O=C(CCC1CCC(=O)N1)Nc1cn[nH]n1. The van der Waals surface area contributed by atoms with Crippen molar-refractivity contribution in [3.63, 3.8) is 0 Å². The normalized spacial score (nSPS) is 19.5. The Morgan fingerprint density at radius 3 is 3.12 bits per heavy atom. The van der Waals surface area contributed by atoms with Crippen molar-refractivity contribution >= 4 is 17.6 Å². The summed E-state index contributed by atoms with van der Waals surface area (Å²) in [6.45, 7) is 0. The molecule has 16 heavy (non-hydrogen) atoms. The fourth-order valence-corrected chi connectivity index (χ4v) is 1.67. The van der Waals surface area contributed by atoms with Gasteiger partial charge in [-0.05, 0) is 12.8 Å². The third kappa shape index (κ3) is 2.78. The molecule has 2 rings (SSSR count). The lowest BCUT2D eigenvalue weighted by Gasteiger charge is -2.08. The van der Waals surface area contributed by atoms with E-state index >= 15 is 0 Å². The number of H-pyrrole nitrogens is 1. The summed E-state index contributed by atoms with van der Waals surface area (Å²) in [5.41, 5.74) is 0. The molecule has 7 nitrogen and oxygen atoms in total. The molecule has 1 aromatic rings. The van der Waals surface area contributed by atoms with E-state index in [4.69, 9.17) is 0 Å². The number of hydrogen-bond donors (Lipinski definition) is 3. The molecule has 1 fully saturated rings. The van der Waals surface area contributed by atoms with E-state index in [0.717, 1.165) is 6.42 Å². The molecule has 1 saturated heterocycles. The summed E-state index contributed by atoms with van der Waals surface area (Å²) in [7, 11) is 0. The number of carbonyl (C=O) groups excluding carboxylic acids is 2. The zero-order valence-electron chi connectivity index (χ0n) is 8.69. The first-order valence-corrected chi connectivity index (χ1v) is 5.19. The van der Waals surface area contributed by atoms with Gasteiger partial charge in [-0.2, -0.15) is 10.3 Å². The molecule has 2 heterocycles. The highest BCUT2D eigenvalue weighted by Crippen LogP contribution is 2.12. The quantitative estimate of drug-likeness (QED) is 0.658. The molecule has 0 saturated carbocycles. The molecule has 1 aliphatic heterocycles. The summed E-state index contributed by atoms with van der Waals surface area (Å²) in [6.07, 6.45) is 3.86. The molecule has 0 bridgehead atoms. The fraction of sp³-hybridized carbons (Fsp3) is 0.556. The average Bonchev–Trinajstić information content (AvgIpc) is 2.87. The molecule has 1 unspecified atom stereocenters. The van der Waals surface area contributed by atoms with E-state index in [2.05, 4.69) is 26.0 Å². The molecule has 1 atom stereocenters. The maximum Gasteiger partial charge on any atom is 0.225 e. The van der Waals surface area contributed by atoms with Gasteiger partial charge in [0, 0.05) is 18.9 Å². The molecule has 2 amide bonds. The summed E-state index contributed by atoms with van der Waals surface area (Å²) in [6, 6.07) is 0.135. The minimum atomic E-state index is -0.116. The number of hydrogen-bond acceptors (Lipinski definition) is 4. The van der Waals surface area contributed by atoms with Gasteiger partial charge in [0.05, 0.1) is 6.20 Å². The second-order valence-corrected chi connectivity index (χ2v) is 3.75. The maximum absolute atomic E-state index is 11.4. The summed E-state index contributed by atoms with van der Waals surface area (Å²) in [4.78, 5) is 22.4. The van der Waals surface area contributed by atoms with Crippen molar-refractivity contribution in [2.24, 2.45) is 0 Å². The number of aromatic nitrogens is 3. The van der Waals surface area contributed by atoms with Crippen LogP contribution >= 0.6 is 0 Å². The Morgan fingerprint density at radius 2 is 2.50 bits per heavy atom. The van der Waals surface area contributed by atoms with Crippen LogP contribution in [-0.4, -0.2) is 33.3 Å². The molecule has 1 aromatic heterocycles. The first-order valence-electron chi connectivity index (χ1n) is 5.19. The van der Waals surface area contributed by atoms with Gasteiger partial charge in [-0.15, -0.1) is 5.10 Å². The second-order valence-electron chi connectivity index (χ2n) is 3.75. The average molecular weight is 223 g/mol. The van der Waals surface area contributed by atoms with Gasteiger partial charge in [0.15, 0.2) is 5.82 Å². The Morgan fingerprint density at radius 1 is 1.62 bits per heavy atom. The smallest absolute Gasteiger partial charge is 0.225 e. The summed E-state index contributed by atoms with van der Waals surface area (Å²) < 4.78 is 0. The van der Waals surface area contributed by atoms with Crippen LogP contribution in [-0.2, 0) is 9.59 Å². The van der Waals surface area contributed by atoms with E-state index in [-0.39, 0.29) is 17.9 Å². The number of amides is 2. The molecule has 0 radical (unpaired) electrons. The number of nitrogens with zero attached hydrogens (tertiary/aromatic N) is 2. The lowest BCUT2D eigenvalue weighted by Crippen LogP contribution is -2.26. The Hall–Kier alpha value is -1.92. The topological polar surface area (TPSA) is 99.8 Å². The van der Waals surface area contributed by atoms with Crippen molar-refractivity contribution in [2.75, 3.05) is 5.32 Å². The number of aromatic amines is 1. The number of rotatable bonds is 4. The molecule has 0 aromatic carbocycles. The van der Waals surface area contributed by atoms with Crippen LogP contribution in [0.3, 0.4) is 0 Å². The molecule has 3 N–H and O–H groups in total. The van der Waals surface area contributed by atoms with Crippen LogP contribution in [0, 0.1) is 0 Å². The van der Waals surface area contributed by atoms with E-state index in [9.17, 15) is 9.59 Å². The van der Waals surface area contributed by atoms with Crippen molar-refractivity contribution in [3.05, 3.63) is 6.20 Å². The summed E-state index contributed by atoms with van der Waals surface area (Å²) in [5, 5.41) is 15.1. The highest BCUT2D eigenvalue weighted by molar-refractivity contribution is 5.89. The van der Waals surface area contributed by atoms with Crippen LogP contribution in [0.25, 0.3) is 0 Å². The lowest BCUT2D eigenvalue weighted by atomic mass is 10.1. The van der Waals surface area contributed by atoms with Gasteiger partial charge in [0.25, 0.3) is 0 Å². The van der Waals surface area contributed by atoms with Gasteiger partial charge >= 0.3 is 0 Å². The first-order chi connectivity index (χ1) is 7.74. The number of nitrogens with one attached hydrogen (secondary N) is 3. The van der Waals surface area contributed by atoms with Crippen LogP contribution in [0.15, 0.2) is 6.20 Å². The van der Waals surface area contributed by atoms with Gasteiger partial charge in [0.1, 0.15) is 0 Å². The van der Waals surface area contributed by atoms with Gasteiger partial charge < -0.3 is 10.6 Å². The van der Waals surface area contributed by atoms with E-state index in [0.29, 0.717) is 25.1 Å². The van der Waals surface area contributed by atoms with Crippen LogP contribution in [0.1, 0.15) is 25.7 Å². The van der Waals surface area contributed by atoms with Crippen LogP contribution in [0.4, 0.5) is 5.82 Å². The number of anilines is 1. The predicted octanol–water partition coefficient (Wildman–Crippen LogP) is -0.198. The first kappa shape index (κ1) is 10.6. The number of carbonyl (C=O) groups is 2. The van der Waals surface area contributed by atoms with Gasteiger partial charge in [0.2, 0.25) is 11.8 Å². The Labute approximate surface area is 92.0 Å². The van der Waals surface area contributed by atoms with E-state index in [1.807, 2.05) is 0 Å². The van der Waals surface area contributed by atoms with E-state index in [1.54, 1.807) is 0 Å². The molecule has 86 valence electrons. The van der Waals surface area contributed by atoms with Gasteiger partial charge in [-0.3, -0.25) is 9.59 Å². The van der Waals surface area contributed by atoms with Crippen LogP contribution in [0.2, 0.25) is 0 Å². The van der Waals surface area contributed by atoms with Gasteiger partial charge in [-0.1, -0.05) is 0 Å². The van der Waals surface area contributed by atoms with Gasteiger partial charge in [-0.25, -0.2) is 0 Å². The minimum Gasteiger partial charge on any atom is -0.353 e. The predicted molar refractivity (Wildman–Crippen MR) is 55.4 cm³/mol. The Bertz CT molecular complexity index is 375. The van der Waals surface area contributed by atoms with Crippen molar-refractivity contribution < 1.29 is 9.59 Å². The van der Waals surface area contributed by atoms with E-state index < -0.39 is 0 Å². The maximum atomic E-state index is 11.4. The summed E-state index contributed by atoms with van der Waals surface area (Å²) >= 11 is 0. The third-order valence-electron chi connectivity index (χ3n) is 2.49. The van der Waals surface area contributed by atoms with Crippen LogP contribution < -0.4 is 10.6 Å². The Balaban J connectivity index is 1.70. The molecule has 1 aliphatic rings. The minimum absolute atomic E-state index is 0.0712. The standard InChI is InChI=1S/C9H13N5O2/c15-8-3-1-6(11-8)2-4-9(16)12-7-5-10-14-13-7/h5-6H,1-4H2,(H,11,15)(H2,10,12,13,14,16). The largest absolute Gasteiger partial charge is 0.353 e. The van der Waals surface area contributed by atoms with Crippen molar-refractivity contribution in [2.45, 2.75) is 31.7 Å². The van der Waals surface area contributed by atoms with E-state index in [1.165, 1.54) is 6.20 Å². The summed E-state index contributed by atoms with van der Waals surface area (Å²) in [5.74, 6) is 0.373. The molecule has 0 aliphatic carbocycles. The van der Waals surface area contributed by atoms with Crippen molar-refractivity contribution in [1.29, 1.82) is 0 Å². The highest BCUT2D eigenvalue weighted by atomic mass is 16.2. The highest BCUT2D eigenvalue weighted by Gasteiger charge is 2.21. The fourth-order valence-electron chi connectivity index (χ4n) is 1.67. The lowest BCUT2D eigenvalue weighted by molar-refractivity contribution is -0.120. The van der Waals surface area contributed by atoms with Crippen molar-refractivity contribution in [1.82, 2.24) is 20.7 Å². The zero-order valence-corrected chi connectivity index (χ0v) is 8.69. The Kier molecular flexibility index (Phi) is 3.13. The molecule has 7 heteroatoms. The molecule has 0 spiro atoms. The van der Waals surface area contributed by atoms with Crippen molar-refractivity contribution in [3.8, 4) is 0 Å². The molecular formula is C9H13N5O2. The molecular weight excluding hydrogens is 210 g/mol. The third-order valence-corrected chi connectivity index (χ3v) is 2.49. The zero-order chi connectivity index (χ0) is 11.4. The monoisotopic (exact) mass is 223 g/mol.